The van der Waals surface area contributed by atoms with Crippen molar-refractivity contribution in [2.75, 3.05) is 11.9 Å². The van der Waals surface area contributed by atoms with E-state index < -0.39 is 23.7 Å². The van der Waals surface area contributed by atoms with Crippen molar-refractivity contribution in [2.24, 2.45) is 5.92 Å². The van der Waals surface area contributed by atoms with Gasteiger partial charge in [0.1, 0.15) is 11.1 Å². The summed E-state index contributed by atoms with van der Waals surface area (Å²) in [7, 11) is 0. The van der Waals surface area contributed by atoms with E-state index in [0.717, 1.165) is 0 Å². The normalized spacial score (nSPS) is 23.0. The fourth-order valence-corrected chi connectivity index (χ4v) is 3.34. The lowest BCUT2D eigenvalue weighted by Gasteiger charge is -2.19. The van der Waals surface area contributed by atoms with Crippen molar-refractivity contribution in [1.29, 1.82) is 0 Å². The maximum Gasteiger partial charge on any atom is 0.414 e. The number of carbonyl (C=O) groups excluding carboxylic acids is 1. The van der Waals surface area contributed by atoms with E-state index in [4.69, 9.17) is 16.3 Å². The summed E-state index contributed by atoms with van der Waals surface area (Å²) in [6.45, 7) is 9.04. The summed E-state index contributed by atoms with van der Waals surface area (Å²) in [5.41, 5.74) is 0.761. The Balaban J connectivity index is 1.94. The topological polar surface area (TPSA) is 122 Å². The van der Waals surface area contributed by atoms with Crippen LogP contribution in [0.3, 0.4) is 0 Å². The van der Waals surface area contributed by atoms with Crippen molar-refractivity contribution in [1.82, 2.24) is 19.5 Å². The van der Waals surface area contributed by atoms with Gasteiger partial charge in [-0.3, -0.25) is 5.32 Å². The molecule has 1 fully saturated rings. The number of rotatable bonds is 3. The van der Waals surface area contributed by atoms with Crippen LogP contribution in [0, 0.1) is 5.92 Å². The van der Waals surface area contributed by atoms with Gasteiger partial charge in [-0.25, -0.2) is 9.78 Å². The number of hydrogen-bond donors (Lipinski definition) is 3. The van der Waals surface area contributed by atoms with Crippen LogP contribution in [0.2, 0.25) is 5.15 Å². The average molecular weight is 396 g/mol. The Morgan fingerprint density at radius 3 is 2.78 bits per heavy atom. The van der Waals surface area contributed by atoms with Crippen molar-refractivity contribution in [3.8, 4) is 0 Å². The maximum atomic E-state index is 12.0. The number of anilines is 1. The Kier molecular flexibility index (Phi) is 5.11. The van der Waals surface area contributed by atoms with Crippen LogP contribution in [0.15, 0.2) is 18.5 Å². The molecular weight excluding hydrogens is 374 g/mol. The van der Waals surface area contributed by atoms with E-state index in [1.54, 1.807) is 25.3 Å². The van der Waals surface area contributed by atoms with Gasteiger partial charge < -0.3 is 19.5 Å². The number of ether oxygens (including phenoxy) is 1. The molecule has 2 aromatic heterocycles. The van der Waals surface area contributed by atoms with Crippen molar-refractivity contribution < 1.29 is 19.7 Å². The van der Waals surface area contributed by atoms with E-state index in [2.05, 4.69) is 26.8 Å². The smallest absolute Gasteiger partial charge is 0.414 e. The lowest BCUT2D eigenvalue weighted by molar-refractivity contribution is 0.0634. The zero-order valence-corrected chi connectivity index (χ0v) is 16.1. The number of fused-ring (bicyclic) bond motifs is 1. The van der Waals surface area contributed by atoms with Crippen LogP contribution in [0.1, 0.15) is 33.2 Å². The molecule has 0 spiro atoms. The van der Waals surface area contributed by atoms with Gasteiger partial charge >= 0.3 is 6.09 Å². The number of amides is 1. The molecule has 146 valence electrons. The molecule has 2 aromatic rings. The van der Waals surface area contributed by atoms with Crippen molar-refractivity contribution in [3.05, 3.63) is 23.6 Å². The van der Waals surface area contributed by atoms with Crippen LogP contribution in [-0.2, 0) is 4.74 Å². The average Bonchev–Trinajstić information content (AvgIpc) is 3.06. The van der Waals surface area contributed by atoms with Gasteiger partial charge in [-0.1, -0.05) is 18.2 Å². The maximum absolute atomic E-state index is 12.0. The predicted octanol–water partition coefficient (Wildman–Crippen LogP) is 2.30. The molecular formula is C17H22ClN5O4. The molecule has 3 N–H and O–H groups in total. The number of aliphatic hydroxyl groups excluding tert-OH is 2. The molecule has 0 aliphatic heterocycles. The van der Waals surface area contributed by atoms with Crippen molar-refractivity contribution in [2.45, 2.75) is 44.9 Å². The number of nitrogens with one attached hydrogen (secondary N) is 1. The summed E-state index contributed by atoms with van der Waals surface area (Å²) >= 11 is 6.19. The Bertz CT molecular complexity index is 891. The lowest BCUT2D eigenvalue weighted by Crippen LogP contribution is -2.27. The minimum absolute atomic E-state index is 0.0219. The zero-order chi connectivity index (χ0) is 19.9. The van der Waals surface area contributed by atoms with Crippen LogP contribution in [-0.4, -0.2) is 54.1 Å². The van der Waals surface area contributed by atoms with Gasteiger partial charge in [0.15, 0.2) is 10.8 Å². The van der Waals surface area contributed by atoms with Gasteiger partial charge in [-0.2, -0.15) is 9.97 Å². The highest BCUT2D eigenvalue weighted by atomic mass is 35.5. The Morgan fingerprint density at radius 1 is 1.48 bits per heavy atom. The standard InChI is InChI=1S/C17H22ClN5O4/c1-8-9(6-24)11(25)5-10(8)23-7-19-12-13(18)20-15(21-14(12)23)22-16(26)27-17(2,3)4/h7,9-11,24-25H,1,5-6H2,2-4H3,(H,20,21,22,26)/t9-,10?,11-/m0/s1. The summed E-state index contributed by atoms with van der Waals surface area (Å²) < 4.78 is 6.91. The van der Waals surface area contributed by atoms with Crippen LogP contribution in [0.4, 0.5) is 10.7 Å². The molecule has 1 aliphatic rings. The highest BCUT2D eigenvalue weighted by Gasteiger charge is 2.38. The van der Waals surface area contributed by atoms with E-state index in [1.807, 2.05) is 0 Å². The number of aliphatic hydroxyl groups is 2. The van der Waals surface area contributed by atoms with E-state index in [9.17, 15) is 15.0 Å². The highest BCUT2D eigenvalue weighted by molar-refractivity contribution is 6.33. The molecule has 1 aliphatic carbocycles. The number of nitrogens with zero attached hydrogens (tertiary/aromatic N) is 4. The minimum Gasteiger partial charge on any atom is -0.444 e. The monoisotopic (exact) mass is 395 g/mol. The molecule has 27 heavy (non-hydrogen) atoms. The van der Waals surface area contributed by atoms with Gasteiger partial charge in [-0.05, 0) is 32.8 Å². The molecule has 3 rings (SSSR count). The third-order valence-corrected chi connectivity index (χ3v) is 4.62. The van der Waals surface area contributed by atoms with E-state index in [-0.39, 0.29) is 23.8 Å². The summed E-state index contributed by atoms with van der Waals surface area (Å²) in [4.78, 5) is 24.6. The number of halogens is 1. The summed E-state index contributed by atoms with van der Waals surface area (Å²) in [5.74, 6) is -0.435. The molecule has 0 aromatic carbocycles. The van der Waals surface area contributed by atoms with E-state index >= 15 is 0 Å². The first kappa shape index (κ1) is 19.5. The molecule has 1 amide bonds. The second-order valence-corrected chi connectivity index (χ2v) is 7.83. The third kappa shape index (κ3) is 3.90. The zero-order valence-electron chi connectivity index (χ0n) is 15.3. The Labute approximate surface area is 161 Å². The van der Waals surface area contributed by atoms with Crippen LogP contribution < -0.4 is 5.32 Å². The lowest BCUT2D eigenvalue weighted by atomic mass is 10.0. The second kappa shape index (κ2) is 7.06. The quantitative estimate of drug-likeness (QED) is 0.538. The first-order valence-electron chi connectivity index (χ1n) is 8.48. The summed E-state index contributed by atoms with van der Waals surface area (Å²) in [6.07, 6.45) is 0.489. The second-order valence-electron chi connectivity index (χ2n) is 7.47. The van der Waals surface area contributed by atoms with Gasteiger partial charge in [0.2, 0.25) is 5.95 Å². The van der Waals surface area contributed by atoms with Gasteiger partial charge in [-0.15, -0.1) is 0 Å². The molecule has 0 radical (unpaired) electrons. The molecule has 0 bridgehead atoms. The van der Waals surface area contributed by atoms with Crippen LogP contribution >= 0.6 is 11.6 Å². The van der Waals surface area contributed by atoms with Crippen LogP contribution in [0.5, 0.6) is 0 Å². The SMILES string of the molecule is C=C1C(n2cnc3c(Cl)nc(NC(=O)OC(C)(C)C)nc32)C[C@H](O)[C@H]1CO. The fraction of sp³-hybridized carbons (Fsp3) is 0.529. The number of carbonyl (C=O) groups is 1. The first-order valence-corrected chi connectivity index (χ1v) is 8.86. The van der Waals surface area contributed by atoms with Gasteiger partial charge in [0.25, 0.3) is 0 Å². The fourth-order valence-electron chi connectivity index (χ4n) is 3.13. The first-order chi connectivity index (χ1) is 12.6. The molecule has 3 atom stereocenters. The van der Waals surface area contributed by atoms with E-state index in [0.29, 0.717) is 23.2 Å². The number of hydrogen-bond acceptors (Lipinski definition) is 7. The molecule has 9 nitrogen and oxygen atoms in total. The molecule has 1 saturated carbocycles. The Morgan fingerprint density at radius 2 is 2.19 bits per heavy atom. The predicted molar refractivity (Wildman–Crippen MR) is 99.6 cm³/mol. The van der Waals surface area contributed by atoms with Crippen molar-refractivity contribution >= 4 is 34.8 Å². The highest BCUT2D eigenvalue weighted by Crippen LogP contribution is 2.40. The van der Waals surface area contributed by atoms with Gasteiger partial charge in [0, 0.05) is 5.92 Å². The largest absolute Gasteiger partial charge is 0.444 e. The molecule has 2 heterocycles. The van der Waals surface area contributed by atoms with Crippen molar-refractivity contribution in [3.63, 3.8) is 0 Å². The third-order valence-electron chi connectivity index (χ3n) is 4.36. The van der Waals surface area contributed by atoms with Crippen LogP contribution in [0.25, 0.3) is 11.2 Å². The summed E-state index contributed by atoms with van der Waals surface area (Å²) in [6, 6.07) is -0.303. The number of imidazole rings is 1. The van der Waals surface area contributed by atoms with Gasteiger partial charge in [0.05, 0.1) is 25.1 Å². The Hall–Kier alpha value is -2.23. The number of aromatic nitrogens is 4. The molecule has 0 saturated heterocycles. The minimum atomic E-state index is -0.707. The molecule has 10 heteroatoms. The van der Waals surface area contributed by atoms with E-state index in [1.165, 1.54) is 6.33 Å². The molecule has 1 unspecified atom stereocenters. The summed E-state index contributed by atoms with van der Waals surface area (Å²) in [5, 5.41) is 22.1.